The highest BCUT2D eigenvalue weighted by Gasteiger charge is 2.66. The lowest BCUT2D eigenvalue weighted by molar-refractivity contribution is -0.119. The van der Waals surface area contributed by atoms with Gasteiger partial charge in [-0.2, -0.15) is 0 Å². The molecule has 0 radical (unpaired) electrons. The minimum absolute atomic E-state index is 0.0154. The fraction of sp³-hybridized carbons (Fsp3) is 0.733. The van der Waals surface area contributed by atoms with Crippen LogP contribution in [0.1, 0.15) is 52.9 Å². The summed E-state index contributed by atoms with van der Waals surface area (Å²) in [5.41, 5.74) is 1.47. The Morgan fingerprint density at radius 1 is 1.12 bits per heavy atom. The van der Waals surface area contributed by atoms with Gasteiger partial charge < -0.3 is 0 Å². The maximum absolute atomic E-state index is 11.9. The maximum Gasteiger partial charge on any atom is 0.155 e. The number of hydrogen-bond donors (Lipinski definition) is 0. The van der Waals surface area contributed by atoms with Gasteiger partial charge in [0.15, 0.2) is 5.78 Å². The van der Waals surface area contributed by atoms with Crippen molar-refractivity contribution in [3.63, 3.8) is 0 Å². The zero-order valence-corrected chi connectivity index (χ0v) is 10.9. The third-order valence-electron chi connectivity index (χ3n) is 5.42. The fourth-order valence-corrected chi connectivity index (χ4v) is 5.02. The van der Waals surface area contributed by atoms with Crippen molar-refractivity contribution in [2.45, 2.75) is 52.9 Å². The first-order valence-corrected chi connectivity index (χ1v) is 6.56. The third kappa shape index (κ3) is 1.22. The Morgan fingerprint density at radius 2 is 1.82 bits per heavy atom. The first kappa shape index (κ1) is 11.2. The van der Waals surface area contributed by atoms with Crippen LogP contribution in [0.15, 0.2) is 11.6 Å². The Hall–Kier alpha value is -0.920. The molecule has 2 heteroatoms. The van der Waals surface area contributed by atoms with E-state index >= 15 is 0 Å². The molecule has 1 spiro atoms. The van der Waals surface area contributed by atoms with E-state index in [0.29, 0.717) is 25.0 Å². The Kier molecular flexibility index (Phi) is 1.91. The summed E-state index contributed by atoms with van der Waals surface area (Å²) in [5.74, 6) is 0.644. The minimum atomic E-state index is 0.0154. The molecule has 3 rings (SSSR count). The summed E-state index contributed by atoms with van der Waals surface area (Å²) in [5, 5.41) is 0. The van der Waals surface area contributed by atoms with Gasteiger partial charge in [-0.3, -0.25) is 9.59 Å². The van der Waals surface area contributed by atoms with Gasteiger partial charge in [0.05, 0.1) is 0 Å². The first-order chi connectivity index (χ1) is 7.79. The molecule has 2 nitrogen and oxygen atoms in total. The van der Waals surface area contributed by atoms with Gasteiger partial charge in [0.25, 0.3) is 0 Å². The van der Waals surface area contributed by atoms with Crippen LogP contribution < -0.4 is 0 Å². The highest BCUT2D eigenvalue weighted by atomic mass is 16.1. The van der Waals surface area contributed by atoms with Crippen LogP contribution in [-0.4, -0.2) is 11.6 Å². The summed E-state index contributed by atoms with van der Waals surface area (Å²) < 4.78 is 0. The molecule has 17 heavy (non-hydrogen) atoms. The summed E-state index contributed by atoms with van der Waals surface area (Å²) in [4.78, 5) is 23.6. The van der Waals surface area contributed by atoms with Crippen molar-refractivity contribution >= 4 is 11.6 Å². The van der Waals surface area contributed by atoms with Gasteiger partial charge in [-0.25, -0.2) is 0 Å². The van der Waals surface area contributed by atoms with Crippen molar-refractivity contribution in [2.75, 3.05) is 0 Å². The van der Waals surface area contributed by atoms with E-state index in [-0.39, 0.29) is 22.0 Å². The van der Waals surface area contributed by atoms with E-state index < -0.39 is 0 Å². The van der Waals surface area contributed by atoms with E-state index in [1.54, 1.807) is 0 Å². The molecule has 0 aromatic rings. The largest absolute Gasteiger partial charge is 0.300 e. The zero-order valence-electron chi connectivity index (χ0n) is 10.9. The normalized spacial score (nSPS) is 43.4. The van der Waals surface area contributed by atoms with E-state index in [9.17, 15) is 9.59 Å². The lowest BCUT2D eigenvalue weighted by Gasteiger charge is -2.40. The van der Waals surface area contributed by atoms with Gasteiger partial charge in [-0.05, 0) is 29.7 Å². The average molecular weight is 232 g/mol. The lowest BCUT2D eigenvalue weighted by atomic mass is 9.62. The van der Waals surface area contributed by atoms with E-state index in [1.807, 2.05) is 6.08 Å². The van der Waals surface area contributed by atoms with Gasteiger partial charge in [-0.1, -0.05) is 26.3 Å². The van der Waals surface area contributed by atoms with Crippen molar-refractivity contribution in [1.82, 2.24) is 0 Å². The van der Waals surface area contributed by atoms with Crippen LogP contribution in [-0.2, 0) is 9.59 Å². The molecule has 0 N–H and O–H groups in total. The third-order valence-corrected chi connectivity index (χ3v) is 5.42. The Labute approximate surface area is 102 Å². The van der Waals surface area contributed by atoms with Gasteiger partial charge in [0, 0.05) is 24.7 Å². The molecule has 0 aliphatic heterocycles. The van der Waals surface area contributed by atoms with E-state index in [4.69, 9.17) is 0 Å². The quantitative estimate of drug-likeness (QED) is 0.643. The van der Waals surface area contributed by atoms with Crippen LogP contribution in [0.2, 0.25) is 0 Å². The SMILES string of the molecule is CC1(C)CC2(C)CC(=O)CC23CCC(=O)C=C13. The number of carbonyl (C=O) groups excluding carboxylic acids is 2. The second kappa shape index (κ2) is 2.90. The Morgan fingerprint density at radius 3 is 2.53 bits per heavy atom. The summed E-state index contributed by atoms with van der Waals surface area (Å²) >= 11 is 0. The first-order valence-electron chi connectivity index (χ1n) is 6.56. The molecule has 0 saturated heterocycles. The number of carbonyl (C=O) groups is 2. The molecule has 2 saturated carbocycles. The maximum atomic E-state index is 11.9. The molecule has 0 heterocycles. The molecule has 0 amide bonds. The Bertz CT molecular complexity index is 458. The van der Waals surface area contributed by atoms with Crippen LogP contribution in [0.25, 0.3) is 0 Å². The van der Waals surface area contributed by atoms with Crippen molar-refractivity contribution in [1.29, 1.82) is 0 Å². The van der Waals surface area contributed by atoms with Crippen molar-refractivity contribution in [3.8, 4) is 0 Å². The van der Waals surface area contributed by atoms with Crippen LogP contribution in [0.3, 0.4) is 0 Å². The molecule has 3 aliphatic carbocycles. The van der Waals surface area contributed by atoms with Gasteiger partial charge in [0.2, 0.25) is 0 Å². The van der Waals surface area contributed by atoms with Gasteiger partial charge >= 0.3 is 0 Å². The van der Waals surface area contributed by atoms with Crippen LogP contribution in [0, 0.1) is 16.2 Å². The Balaban J connectivity index is 2.21. The van der Waals surface area contributed by atoms with Crippen LogP contribution in [0.5, 0.6) is 0 Å². The molecule has 0 aromatic carbocycles. The summed E-state index contributed by atoms with van der Waals surface area (Å²) in [6.07, 6.45) is 5.82. The number of hydrogen-bond acceptors (Lipinski definition) is 2. The van der Waals surface area contributed by atoms with E-state index in [1.165, 1.54) is 5.57 Å². The van der Waals surface area contributed by atoms with Crippen molar-refractivity contribution in [2.24, 2.45) is 16.2 Å². The smallest absolute Gasteiger partial charge is 0.155 e. The number of allylic oxidation sites excluding steroid dienone is 2. The van der Waals surface area contributed by atoms with Crippen LogP contribution in [0.4, 0.5) is 0 Å². The molecule has 92 valence electrons. The molecule has 2 fully saturated rings. The lowest BCUT2D eigenvalue weighted by Crippen LogP contribution is -2.34. The molecule has 2 unspecified atom stereocenters. The van der Waals surface area contributed by atoms with Crippen molar-refractivity contribution in [3.05, 3.63) is 11.6 Å². The molecular weight excluding hydrogens is 212 g/mol. The highest BCUT2D eigenvalue weighted by Crippen LogP contribution is 2.72. The number of rotatable bonds is 0. The molecule has 2 atom stereocenters. The molecule has 0 bridgehead atoms. The monoisotopic (exact) mass is 232 g/mol. The number of ketones is 2. The molecule has 3 aliphatic rings. The second-order valence-corrected chi connectivity index (χ2v) is 7.12. The summed E-state index contributed by atoms with van der Waals surface area (Å²) in [6.45, 7) is 6.72. The zero-order chi connectivity index (χ0) is 12.5. The minimum Gasteiger partial charge on any atom is -0.300 e. The predicted molar refractivity (Wildman–Crippen MR) is 65.5 cm³/mol. The fourth-order valence-electron chi connectivity index (χ4n) is 5.02. The van der Waals surface area contributed by atoms with Crippen molar-refractivity contribution < 1.29 is 9.59 Å². The predicted octanol–water partition coefficient (Wildman–Crippen LogP) is 3.06. The molecular formula is C15H20O2. The van der Waals surface area contributed by atoms with E-state index in [2.05, 4.69) is 20.8 Å². The second-order valence-electron chi connectivity index (χ2n) is 7.12. The highest BCUT2D eigenvalue weighted by molar-refractivity contribution is 5.94. The standard InChI is InChI=1S/C15H20O2/c1-13(2)9-14(3)7-11(17)8-15(14)5-4-10(16)6-12(13)15/h6H,4-5,7-9H2,1-3H3. The van der Waals surface area contributed by atoms with Crippen LogP contribution >= 0.6 is 0 Å². The molecule has 0 aromatic heterocycles. The van der Waals surface area contributed by atoms with E-state index in [0.717, 1.165) is 12.8 Å². The van der Waals surface area contributed by atoms with Gasteiger partial charge in [0.1, 0.15) is 5.78 Å². The summed E-state index contributed by atoms with van der Waals surface area (Å²) in [6, 6.07) is 0. The number of Topliss-reactive ketones (excluding diaryl/α,β-unsaturated/α-hetero) is 1. The van der Waals surface area contributed by atoms with Gasteiger partial charge in [-0.15, -0.1) is 0 Å². The summed E-state index contributed by atoms with van der Waals surface area (Å²) in [7, 11) is 0. The topological polar surface area (TPSA) is 34.1 Å². The average Bonchev–Trinajstić information content (AvgIpc) is 2.49.